The molecule has 4 rings (SSSR count). The van der Waals surface area contributed by atoms with Crippen molar-refractivity contribution >= 4 is 27.6 Å². The molecule has 1 atom stereocenters. The van der Waals surface area contributed by atoms with E-state index in [0.717, 1.165) is 4.31 Å². The topological polar surface area (TPSA) is 87.8 Å². The standard InChI is InChI=1S/C20H16ClNO5S/c21-14-6-7-15(13-4-2-1-3-5-13)18(12-14)28(25,26)22-10-8-17-16(9-11-27-17)19(22)20(23)24/h1-7,9,11-12,19H,8,10H2,(H,23,24). The van der Waals surface area contributed by atoms with E-state index in [0.29, 0.717) is 28.9 Å². The van der Waals surface area contributed by atoms with Crippen molar-refractivity contribution in [2.45, 2.75) is 17.4 Å². The lowest BCUT2D eigenvalue weighted by molar-refractivity contribution is -0.142. The summed E-state index contributed by atoms with van der Waals surface area (Å²) in [6, 6.07) is 13.8. The third-order valence-corrected chi connectivity index (χ3v) is 6.91. The average Bonchev–Trinajstić information content (AvgIpc) is 3.16. The van der Waals surface area contributed by atoms with Crippen LogP contribution in [-0.4, -0.2) is 30.3 Å². The van der Waals surface area contributed by atoms with E-state index in [1.165, 1.54) is 18.4 Å². The van der Waals surface area contributed by atoms with E-state index in [9.17, 15) is 18.3 Å². The van der Waals surface area contributed by atoms with Gasteiger partial charge in [0.05, 0.1) is 11.2 Å². The molecule has 8 heteroatoms. The third-order valence-electron chi connectivity index (χ3n) is 4.77. The highest BCUT2D eigenvalue weighted by Crippen LogP contribution is 2.38. The van der Waals surface area contributed by atoms with Crippen LogP contribution < -0.4 is 0 Å². The highest BCUT2D eigenvalue weighted by atomic mass is 35.5. The van der Waals surface area contributed by atoms with Crippen LogP contribution in [0.5, 0.6) is 0 Å². The zero-order chi connectivity index (χ0) is 19.9. The second-order valence-electron chi connectivity index (χ2n) is 6.41. The van der Waals surface area contributed by atoms with E-state index in [1.54, 1.807) is 36.4 Å². The number of carbonyl (C=O) groups is 1. The van der Waals surface area contributed by atoms with Crippen LogP contribution in [0.3, 0.4) is 0 Å². The minimum atomic E-state index is -4.15. The molecule has 0 spiro atoms. The maximum Gasteiger partial charge on any atom is 0.326 e. The van der Waals surface area contributed by atoms with Crippen LogP contribution in [-0.2, 0) is 21.2 Å². The van der Waals surface area contributed by atoms with E-state index < -0.39 is 22.0 Å². The van der Waals surface area contributed by atoms with Crippen LogP contribution in [0.2, 0.25) is 5.02 Å². The van der Waals surface area contributed by atoms with Crippen molar-refractivity contribution in [3.8, 4) is 11.1 Å². The number of rotatable bonds is 4. The van der Waals surface area contributed by atoms with Crippen LogP contribution in [0.4, 0.5) is 0 Å². The fraction of sp³-hybridized carbons (Fsp3) is 0.150. The molecule has 0 amide bonds. The van der Waals surface area contributed by atoms with Crippen molar-refractivity contribution in [3.05, 3.63) is 77.2 Å². The molecule has 0 aliphatic carbocycles. The number of aliphatic carboxylic acids is 1. The molecule has 28 heavy (non-hydrogen) atoms. The summed E-state index contributed by atoms with van der Waals surface area (Å²) in [5.74, 6) is -0.762. The molecular formula is C20H16ClNO5S. The third kappa shape index (κ3) is 3.11. The molecule has 0 radical (unpaired) electrons. The number of carboxylic acids is 1. The van der Waals surface area contributed by atoms with Gasteiger partial charge in [-0.1, -0.05) is 48.0 Å². The Labute approximate surface area is 167 Å². The number of benzene rings is 2. The maximum absolute atomic E-state index is 13.6. The first-order valence-electron chi connectivity index (χ1n) is 8.55. The number of hydrogen-bond donors (Lipinski definition) is 1. The Kier molecular flexibility index (Phi) is 4.74. The van der Waals surface area contributed by atoms with Gasteiger partial charge in [0, 0.05) is 29.1 Å². The second-order valence-corrected chi connectivity index (χ2v) is 8.71. The molecule has 2 heterocycles. The summed E-state index contributed by atoms with van der Waals surface area (Å²) in [6.45, 7) is 0.000552. The lowest BCUT2D eigenvalue weighted by atomic mass is 10.0. The van der Waals surface area contributed by atoms with E-state index in [-0.39, 0.29) is 16.5 Å². The Bertz CT molecular complexity index is 1140. The summed E-state index contributed by atoms with van der Waals surface area (Å²) in [5, 5.41) is 10.0. The Morgan fingerprint density at radius 2 is 1.89 bits per heavy atom. The lowest BCUT2D eigenvalue weighted by Crippen LogP contribution is -2.43. The molecule has 1 N–H and O–H groups in total. The first kappa shape index (κ1) is 18.7. The summed E-state index contributed by atoms with van der Waals surface area (Å²) in [7, 11) is -4.15. The number of nitrogens with zero attached hydrogens (tertiary/aromatic N) is 1. The fourth-order valence-corrected chi connectivity index (χ4v) is 5.54. The molecule has 144 valence electrons. The van der Waals surface area contributed by atoms with Crippen LogP contribution in [0.25, 0.3) is 11.1 Å². The van der Waals surface area contributed by atoms with Gasteiger partial charge in [-0.05, 0) is 23.8 Å². The van der Waals surface area contributed by atoms with E-state index in [1.807, 2.05) is 6.07 Å². The molecule has 2 aromatic carbocycles. The maximum atomic E-state index is 13.6. The summed E-state index contributed by atoms with van der Waals surface area (Å²) >= 11 is 6.10. The van der Waals surface area contributed by atoms with Gasteiger partial charge in [0.25, 0.3) is 0 Å². The highest BCUT2D eigenvalue weighted by molar-refractivity contribution is 7.89. The molecule has 1 aliphatic rings. The van der Waals surface area contributed by atoms with Gasteiger partial charge < -0.3 is 9.52 Å². The lowest BCUT2D eigenvalue weighted by Gasteiger charge is -2.32. The van der Waals surface area contributed by atoms with Gasteiger partial charge in [0.2, 0.25) is 10.0 Å². The largest absolute Gasteiger partial charge is 0.480 e. The predicted molar refractivity (Wildman–Crippen MR) is 104 cm³/mol. The van der Waals surface area contributed by atoms with Crippen molar-refractivity contribution in [3.63, 3.8) is 0 Å². The molecule has 1 aromatic heterocycles. The van der Waals surface area contributed by atoms with Gasteiger partial charge in [-0.25, -0.2) is 8.42 Å². The van der Waals surface area contributed by atoms with E-state index in [4.69, 9.17) is 16.0 Å². The first-order valence-corrected chi connectivity index (χ1v) is 10.4. The Morgan fingerprint density at radius 3 is 2.61 bits per heavy atom. The first-order chi connectivity index (χ1) is 13.4. The number of furan rings is 1. The molecule has 6 nitrogen and oxygen atoms in total. The van der Waals surface area contributed by atoms with Gasteiger partial charge in [0.15, 0.2) is 6.04 Å². The molecule has 0 saturated carbocycles. The van der Waals surface area contributed by atoms with E-state index in [2.05, 4.69) is 0 Å². The monoisotopic (exact) mass is 417 g/mol. The number of fused-ring (bicyclic) bond motifs is 1. The molecule has 0 saturated heterocycles. The molecule has 0 fully saturated rings. The minimum Gasteiger partial charge on any atom is -0.480 e. The number of sulfonamides is 1. The Balaban J connectivity index is 1.88. The molecular weight excluding hydrogens is 402 g/mol. The number of halogens is 1. The minimum absolute atomic E-state index is 0.000552. The van der Waals surface area contributed by atoms with Crippen LogP contribution in [0, 0.1) is 0 Å². The number of carboxylic acid groups (broad SMARTS) is 1. The van der Waals surface area contributed by atoms with Crippen molar-refractivity contribution in [1.29, 1.82) is 0 Å². The molecule has 0 bridgehead atoms. The average molecular weight is 418 g/mol. The SMILES string of the molecule is O=C(O)C1c2ccoc2CCN1S(=O)(=O)c1cc(Cl)ccc1-c1ccccc1. The van der Waals surface area contributed by atoms with Crippen LogP contribution in [0.1, 0.15) is 17.4 Å². The molecule has 3 aromatic rings. The van der Waals surface area contributed by atoms with Crippen molar-refractivity contribution < 1.29 is 22.7 Å². The van der Waals surface area contributed by atoms with Crippen LogP contribution in [0.15, 0.2) is 70.2 Å². The molecule has 1 unspecified atom stereocenters. The normalized spacial score (nSPS) is 17.2. The molecule has 1 aliphatic heterocycles. The zero-order valence-corrected chi connectivity index (χ0v) is 16.2. The summed E-state index contributed by atoms with van der Waals surface area (Å²) in [4.78, 5) is 11.9. The highest BCUT2D eigenvalue weighted by Gasteiger charge is 2.42. The van der Waals surface area contributed by atoms with Crippen molar-refractivity contribution in [2.24, 2.45) is 0 Å². The Morgan fingerprint density at radius 1 is 1.14 bits per heavy atom. The van der Waals surface area contributed by atoms with Gasteiger partial charge >= 0.3 is 5.97 Å². The smallest absolute Gasteiger partial charge is 0.326 e. The van der Waals surface area contributed by atoms with Gasteiger partial charge in [-0.2, -0.15) is 4.31 Å². The van der Waals surface area contributed by atoms with Gasteiger partial charge in [0.1, 0.15) is 5.76 Å². The van der Waals surface area contributed by atoms with E-state index >= 15 is 0 Å². The summed E-state index contributed by atoms with van der Waals surface area (Å²) in [5.41, 5.74) is 1.52. The van der Waals surface area contributed by atoms with Crippen molar-refractivity contribution in [1.82, 2.24) is 4.31 Å². The fourth-order valence-electron chi connectivity index (χ4n) is 3.50. The zero-order valence-electron chi connectivity index (χ0n) is 14.6. The van der Waals surface area contributed by atoms with Crippen molar-refractivity contribution in [2.75, 3.05) is 6.54 Å². The van der Waals surface area contributed by atoms with Crippen LogP contribution >= 0.6 is 11.6 Å². The second kappa shape index (κ2) is 7.09. The quantitative estimate of drug-likeness (QED) is 0.693. The predicted octanol–water partition coefficient (Wildman–Crippen LogP) is 3.97. The van der Waals surface area contributed by atoms with Gasteiger partial charge in [-0.15, -0.1) is 0 Å². The number of hydrogen-bond acceptors (Lipinski definition) is 4. The summed E-state index contributed by atoms with van der Waals surface area (Å²) in [6.07, 6.45) is 1.68. The van der Waals surface area contributed by atoms with Gasteiger partial charge in [-0.3, -0.25) is 4.79 Å². The Hall–Kier alpha value is -2.61. The summed E-state index contributed by atoms with van der Waals surface area (Å²) < 4.78 is 33.4.